The minimum atomic E-state index is -1.03. The molecular formula is C15H21N3O3. The molecule has 0 spiro atoms. The van der Waals surface area contributed by atoms with Gasteiger partial charge in [-0.2, -0.15) is 0 Å². The van der Waals surface area contributed by atoms with E-state index in [1.807, 2.05) is 30.3 Å². The molecule has 1 fully saturated rings. The molecule has 1 unspecified atom stereocenters. The highest BCUT2D eigenvalue weighted by atomic mass is 16.4. The van der Waals surface area contributed by atoms with Gasteiger partial charge >= 0.3 is 12.0 Å². The average molecular weight is 291 g/mol. The SMILES string of the molecule is NCC1CCN(C(=O)N[C@H](Cc2ccccc2)C(=O)O)C1. The van der Waals surface area contributed by atoms with Crippen LogP contribution >= 0.6 is 0 Å². The molecule has 2 atom stereocenters. The number of hydrogen-bond donors (Lipinski definition) is 3. The summed E-state index contributed by atoms with van der Waals surface area (Å²) in [7, 11) is 0. The van der Waals surface area contributed by atoms with Gasteiger partial charge in [-0.05, 0) is 24.4 Å². The van der Waals surface area contributed by atoms with Gasteiger partial charge in [0.05, 0.1) is 0 Å². The van der Waals surface area contributed by atoms with Crippen molar-refractivity contribution in [3.8, 4) is 0 Å². The number of likely N-dealkylation sites (tertiary alicyclic amines) is 1. The predicted octanol–water partition coefficient (Wildman–Crippen LogP) is 0.672. The van der Waals surface area contributed by atoms with Crippen LogP contribution in [0.4, 0.5) is 4.79 Å². The second kappa shape index (κ2) is 7.08. The molecule has 1 aliphatic heterocycles. The summed E-state index contributed by atoms with van der Waals surface area (Å²) in [4.78, 5) is 25.1. The van der Waals surface area contributed by atoms with Crippen molar-refractivity contribution in [1.82, 2.24) is 10.2 Å². The van der Waals surface area contributed by atoms with Crippen LogP contribution in [-0.4, -0.2) is 47.7 Å². The number of hydrogen-bond acceptors (Lipinski definition) is 3. The number of carboxylic acids is 1. The first-order chi connectivity index (χ1) is 10.1. The van der Waals surface area contributed by atoms with Crippen LogP contribution in [0.15, 0.2) is 30.3 Å². The molecule has 2 amide bonds. The van der Waals surface area contributed by atoms with Crippen molar-refractivity contribution >= 4 is 12.0 Å². The van der Waals surface area contributed by atoms with Crippen molar-refractivity contribution in [3.05, 3.63) is 35.9 Å². The highest BCUT2D eigenvalue weighted by Gasteiger charge is 2.28. The van der Waals surface area contributed by atoms with E-state index in [9.17, 15) is 14.7 Å². The van der Waals surface area contributed by atoms with Gasteiger partial charge in [-0.15, -0.1) is 0 Å². The lowest BCUT2D eigenvalue weighted by Gasteiger charge is -2.21. The van der Waals surface area contributed by atoms with Crippen LogP contribution in [0.5, 0.6) is 0 Å². The maximum atomic E-state index is 12.1. The summed E-state index contributed by atoms with van der Waals surface area (Å²) >= 11 is 0. The molecule has 21 heavy (non-hydrogen) atoms. The van der Waals surface area contributed by atoms with Crippen LogP contribution in [-0.2, 0) is 11.2 Å². The highest BCUT2D eigenvalue weighted by Crippen LogP contribution is 2.15. The van der Waals surface area contributed by atoms with E-state index in [-0.39, 0.29) is 12.5 Å². The van der Waals surface area contributed by atoms with Crippen molar-refractivity contribution < 1.29 is 14.7 Å². The fraction of sp³-hybridized carbons (Fsp3) is 0.467. The Morgan fingerprint density at radius 2 is 2.10 bits per heavy atom. The summed E-state index contributed by atoms with van der Waals surface area (Å²) in [5.41, 5.74) is 6.48. The summed E-state index contributed by atoms with van der Waals surface area (Å²) in [5, 5.41) is 11.9. The molecule has 4 N–H and O–H groups in total. The van der Waals surface area contributed by atoms with Gasteiger partial charge in [-0.3, -0.25) is 0 Å². The number of benzene rings is 1. The number of carbonyl (C=O) groups excluding carboxylic acids is 1. The number of aliphatic carboxylic acids is 1. The zero-order valence-corrected chi connectivity index (χ0v) is 11.9. The van der Waals surface area contributed by atoms with E-state index in [0.29, 0.717) is 25.6 Å². The number of nitrogens with two attached hydrogens (primary N) is 1. The summed E-state index contributed by atoms with van der Waals surface area (Å²) in [6.45, 7) is 1.78. The number of urea groups is 1. The lowest BCUT2D eigenvalue weighted by atomic mass is 10.1. The molecule has 6 nitrogen and oxygen atoms in total. The van der Waals surface area contributed by atoms with E-state index in [0.717, 1.165) is 12.0 Å². The third kappa shape index (κ3) is 4.19. The molecule has 114 valence electrons. The summed E-state index contributed by atoms with van der Waals surface area (Å²) in [5.74, 6) is -0.713. The van der Waals surface area contributed by atoms with Crippen molar-refractivity contribution in [2.24, 2.45) is 11.7 Å². The van der Waals surface area contributed by atoms with Crippen molar-refractivity contribution in [1.29, 1.82) is 0 Å². The smallest absolute Gasteiger partial charge is 0.326 e. The van der Waals surface area contributed by atoms with Gasteiger partial charge in [0.1, 0.15) is 6.04 Å². The number of carboxylic acid groups (broad SMARTS) is 1. The second-order valence-electron chi connectivity index (χ2n) is 5.37. The van der Waals surface area contributed by atoms with Gasteiger partial charge in [0.2, 0.25) is 0 Å². The van der Waals surface area contributed by atoms with E-state index < -0.39 is 12.0 Å². The maximum absolute atomic E-state index is 12.1. The van der Waals surface area contributed by atoms with Gasteiger partial charge in [-0.25, -0.2) is 9.59 Å². The minimum absolute atomic E-state index is 0.274. The molecule has 0 saturated carbocycles. The van der Waals surface area contributed by atoms with E-state index in [1.54, 1.807) is 4.90 Å². The van der Waals surface area contributed by atoms with Crippen molar-refractivity contribution in [2.75, 3.05) is 19.6 Å². The van der Waals surface area contributed by atoms with Crippen molar-refractivity contribution in [2.45, 2.75) is 18.9 Å². The molecule has 1 aliphatic rings. The quantitative estimate of drug-likeness (QED) is 0.743. The fourth-order valence-electron chi connectivity index (χ4n) is 2.50. The predicted molar refractivity (Wildman–Crippen MR) is 78.8 cm³/mol. The Morgan fingerprint density at radius 3 is 2.67 bits per heavy atom. The Labute approximate surface area is 123 Å². The summed E-state index contributed by atoms with van der Waals surface area (Å²) < 4.78 is 0. The topological polar surface area (TPSA) is 95.7 Å². The lowest BCUT2D eigenvalue weighted by molar-refractivity contribution is -0.139. The Morgan fingerprint density at radius 1 is 1.38 bits per heavy atom. The van der Waals surface area contributed by atoms with E-state index in [4.69, 9.17) is 5.73 Å². The first kappa shape index (κ1) is 15.3. The largest absolute Gasteiger partial charge is 0.480 e. The average Bonchev–Trinajstić information content (AvgIpc) is 2.96. The monoisotopic (exact) mass is 291 g/mol. The third-order valence-corrected chi connectivity index (χ3v) is 3.78. The zero-order chi connectivity index (χ0) is 15.2. The molecule has 6 heteroatoms. The minimum Gasteiger partial charge on any atom is -0.480 e. The lowest BCUT2D eigenvalue weighted by Crippen LogP contribution is -2.48. The van der Waals surface area contributed by atoms with Crippen molar-refractivity contribution in [3.63, 3.8) is 0 Å². The van der Waals surface area contributed by atoms with Crippen LogP contribution < -0.4 is 11.1 Å². The number of nitrogens with zero attached hydrogens (tertiary/aromatic N) is 1. The molecule has 1 saturated heterocycles. The Hall–Kier alpha value is -2.08. The number of rotatable bonds is 5. The maximum Gasteiger partial charge on any atom is 0.326 e. The zero-order valence-electron chi connectivity index (χ0n) is 11.9. The van der Waals surface area contributed by atoms with Crippen LogP contribution in [0.3, 0.4) is 0 Å². The van der Waals surface area contributed by atoms with Gasteiger partial charge in [-0.1, -0.05) is 30.3 Å². The van der Waals surface area contributed by atoms with E-state index in [1.165, 1.54) is 0 Å². The molecule has 0 aromatic heterocycles. The van der Waals surface area contributed by atoms with Gasteiger partial charge in [0.25, 0.3) is 0 Å². The van der Waals surface area contributed by atoms with Crippen LogP contribution in [0.2, 0.25) is 0 Å². The molecule has 1 heterocycles. The highest BCUT2D eigenvalue weighted by molar-refractivity contribution is 5.83. The normalized spacial score (nSPS) is 19.3. The Balaban J connectivity index is 1.94. The van der Waals surface area contributed by atoms with Gasteiger partial charge in [0.15, 0.2) is 0 Å². The molecule has 0 bridgehead atoms. The molecule has 0 radical (unpaired) electrons. The number of amides is 2. The second-order valence-corrected chi connectivity index (χ2v) is 5.37. The van der Waals surface area contributed by atoms with Crippen LogP contribution in [0, 0.1) is 5.92 Å². The van der Waals surface area contributed by atoms with Gasteiger partial charge in [0, 0.05) is 19.5 Å². The number of nitrogens with one attached hydrogen (secondary N) is 1. The molecule has 1 aromatic rings. The summed E-state index contributed by atoms with van der Waals surface area (Å²) in [6, 6.07) is 8.02. The van der Waals surface area contributed by atoms with Crippen LogP contribution in [0.25, 0.3) is 0 Å². The first-order valence-electron chi connectivity index (χ1n) is 7.12. The Bertz CT molecular complexity index is 492. The molecule has 2 rings (SSSR count). The molecule has 1 aromatic carbocycles. The van der Waals surface area contributed by atoms with E-state index >= 15 is 0 Å². The van der Waals surface area contributed by atoms with Gasteiger partial charge < -0.3 is 21.1 Å². The molecular weight excluding hydrogens is 270 g/mol. The Kier molecular flexibility index (Phi) is 5.16. The third-order valence-electron chi connectivity index (χ3n) is 3.78. The standard InChI is InChI=1S/C15H21N3O3/c16-9-12-6-7-18(10-12)15(21)17-13(14(19)20)8-11-4-2-1-3-5-11/h1-5,12-13H,6-10,16H2,(H,17,21)(H,19,20)/t12?,13-/m1/s1. The van der Waals surface area contributed by atoms with Crippen LogP contribution in [0.1, 0.15) is 12.0 Å². The molecule has 0 aliphatic carbocycles. The first-order valence-corrected chi connectivity index (χ1v) is 7.12. The summed E-state index contributed by atoms with van der Waals surface area (Å²) in [6.07, 6.45) is 1.15. The fourth-order valence-corrected chi connectivity index (χ4v) is 2.50. The van der Waals surface area contributed by atoms with E-state index in [2.05, 4.69) is 5.32 Å². The number of carbonyl (C=O) groups is 2.